The van der Waals surface area contributed by atoms with Gasteiger partial charge in [0.1, 0.15) is 11.4 Å². The molecule has 0 saturated heterocycles. The van der Waals surface area contributed by atoms with Gasteiger partial charge in [-0.2, -0.15) is 0 Å². The third-order valence-electron chi connectivity index (χ3n) is 3.72. The van der Waals surface area contributed by atoms with E-state index in [9.17, 15) is 9.18 Å². The molecule has 0 spiro atoms. The second-order valence-electron chi connectivity index (χ2n) is 5.62. The number of methoxy groups -OCH3 is 1. The highest BCUT2D eigenvalue weighted by atomic mass is 32.2. The average Bonchev–Trinajstić information content (AvgIpc) is 3.24. The average molecular weight is 390 g/mol. The Morgan fingerprint density at radius 3 is 2.70 bits per heavy atom. The number of ether oxygens (including phenoxy) is 1. The molecule has 3 aromatic rings. The number of hydrogen-bond acceptors (Lipinski definition) is 6. The van der Waals surface area contributed by atoms with Crippen LogP contribution >= 0.6 is 11.8 Å². The molecule has 0 saturated carbocycles. The second-order valence-corrected chi connectivity index (χ2v) is 6.56. The van der Waals surface area contributed by atoms with Gasteiger partial charge in [-0.3, -0.25) is 9.48 Å². The molecule has 0 atom stereocenters. The third-order valence-corrected chi connectivity index (χ3v) is 4.69. The highest BCUT2D eigenvalue weighted by Gasteiger charge is 2.20. The molecule has 1 amide bonds. The summed E-state index contributed by atoms with van der Waals surface area (Å²) in [5, 5.41) is 16.0. The Hall–Kier alpha value is -2.88. The van der Waals surface area contributed by atoms with Crippen molar-refractivity contribution in [2.75, 3.05) is 18.2 Å². The van der Waals surface area contributed by atoms with Crippen molar-refractivity contribution in [2.45, 2.75) is 18.6 Å². The molecule has 1 N–H and O–H groups in total. The number of aromatic nitrogens is 5. The smallest absolute Gasteiger partial charge is 0.243 e. The lowest BCUT2D eigenvalue weighted by Crippen LogP contribution is -2.14. The van der Waals surface area contributed by atoms with Gasteiger partial charge >= 0.3 is 0 Å². The number of rotatable bonds is 7. The molecule has 0 unspecified atom stereocenters. The summed E-state index contributed by atoms with van der Waals surface area (Å²) in [6, 6.07) is 5.62. The largest absolute Gasteiger partial charge is 0.479 e. The van der Waals surface area contributed by atoms with Crippen LogP contribution in [0.1, 0.15) is 6.92 Å². The number of amides is 1. The van der Waals surface area contributed by atoms with Crippen LogP contribution in [0.5, 0.6) is 5.88 Å². The zero-order valence-corrected chi connectivity index (χ0v) is 16.0. The van der Waals surface area contributed by atoms with Gasteiger partial charge in [0.2, 0.25) is 11.8 Å². The topological polar surface area (TPSA) is 86.9 Å². The van der Waals surface area contributed by atoms with Crippen molar-refractivity contribution in [3.8, 4) is 17.3 Å². The molecule has 0 aliphatic heterocycles. The molecule has 10 heteroatoms. The summed E-state index contributed by atoms with van der Waals surface area (Å²) < 4.78 is 21.8. The maximum Gasteiger partial charge on any atom is 0.243 e. The molecule has 1 aromatic carbocycles. The van der Waals surface area contributed by atoms with Crippen molar-refractivity contribution in [2.24, 2.45) is 7.05 Å². The fourth-order valence-electron chi connectivity index (χ4n) is 2.51. The second kappa shape index (κ2) is 8.21. The van der Waals surface area contributed by atoms with E-state index >= 15 is 0 Å². The van der Waals surface area contributed by atoms with Crippen LogP contribution in [-0.2, 0) is 18.4 Å². The zero-order valence-electron chi connectivity index (χ0n) is 15.1. The van der Waals surface area contributed by atoms with Crippen molar-refractivity contribution < 1.29 is 13.9 Å². The third kappa shape index (κ3) is 4.27. The van der Waals surface area contributed by atoms with Crippen LogP contribution < -0.4 is 10.1 Å². The first-order valence-electron chi connectivity index (χ1n) is 8.21. The van der Waals surface area contributed by atoms with Crippen LogP contribution in [0.25, 0.3) is 11.4 Å². The molecule has 0 fully saturated rings. The maximum atomic E-state index is 12.9. The number of aryl methyl sites for hydroxylation is 1. The Morgan fingerprint density at radius 1 is 1.30 bits per heavy atom. The number of carbonyl (C=O) groups excluding carboxylic acids is 1. The Bertz CT molecular complexity index is 938. The lowest BCUT2D eigenvalue weighted by atomic mass is 10.3. The number of anilines is 1. The zero-order chi connectivity index (χ0) is 19.4. The number of nitrogens with zero attached hydrogens (tertiary/aromatic N) is 5. The van der Waals surface area contributed by atoms with Crippen LogP contribution in [0.4, 0.5) is 10.1 Å². The van der Waals surface area contributed by atoms with E-state index in [0.717, 1.165) is 5.56 Å². The van der Waals surface area contributed by atoms with Crippen LogP contribution in [-0.4, -0.2) is 43.3 Å². The van der Waals surface area contributed by atoms with E-state index in [1.54, 1.807) is 18.8 Å². The minimum atomic E-state index is -0.350. The number of benzene rings is 1. The quantitative estimate of drug-likeness (QED) is 0.624. The number of hydrogen-bond donors (Lipinski definition) is 1. The molecule has 0 aliphatic rings. The highest BCUT2D eigenvalue weighted by molar-refractivity contribution is 7.99. The summed E-state index contributed by atoms with van der Waals surface area (Å²) in [4.78, 5) is 12.1. The van der Waals surface area contributed by atoms with Gasteiger partial charge in [-0.1, -0.05) is 11.8 Å². The lowest BCUT2D eigenvalue weighted by molar-refractivity contribution is -0.113. The van der Waals surface area contributed by atoms with E-state index in [0.29, 0.717) is 29.1 Å². The van der Waals surface area contributed by atoms with E-state index in [2.05, 4.69) is 20.6 Å². The molecule has 2 aromatic heterocycles. The van der Waals surface area contributed by atoms with E-state index in [1.807, 2.05) is 17.7 Å². The Morgan fingerprint density at radius 2 is 2.04 bits per heavy atom. The fourth-order valence-corrected chi connectivity index (χ4v) is 3.31. The normalized spacial score (nSPS) is 10.8. The molecule has 2 heterocycles. The van der Waals surface area contributed by atoms with Crippen molar-refractivity contribution in [3.05, 3.63) is 36.3 Å². The van der Waals surface area contributed by atoms with Crippen molar-refractivity contribution >= 4 is 23.4 Å². The maximum absolute atomic E-state index is 12.9. The fraction of sp³-hybridized carbons (Fsp3) is 0.294. The van der Waals surface area contributed by atoms with Gasteiger partial charge in [0.05, 0.1) is 12.9 Å². The number of halogens is 1. The molecule has 0 bridgehead atoms. The van der Waals surface area contributed by atoms with Crippen LogP contribution in [0, 0.1) is 5.82 Å². The SMILES string of the molecule is CCn1c(SCC(=O)Nc2ccc(F)cc2)nnc1-c1cn(C)nc1OC. The minimum Gasteiger partial charge on any atom is -0.479 e. The van der Waals surface area contributed by atoms with E-state index in [-0.39, 0.29) is 17.5 Å². The first-order chi connectivity index (χ1) is 13.0. The Labute approximate surface area is 159 Å². The Balaban J connectivity index is 1.71. The van der Waals surface area contributed by atoms with Gasteiger partial charge in [0.15, 0.2) is 11.0 Å². The Kier molecular flexibility index (Phi) is 5.75. The van der Waals surface area contributed by atoms with Crippen molar-refractivity contribution in [3.63, 3.8) is 0 Å². The van der Waals surface area contributed by atoms with Crippen LogP contribution in [0.3, 0.4) is 0 Å². The van der Waals surface area contributed by atoms with Gasteiger partial charge < -0.3 is 14.6 Å². The van der Waals surface area contributed by atoms with Gasteiger partial charge in [-0.15, -0.1) is 15.3 Å². The van der Waals surface area contributed by atoms with Crippen LogP contribution in [0.2, 0.25) is 0 Å². The predicted molar refractivity (Wildman–Crippen MR) is 100 cm³/mol. The molecule has 142 valence electrons. The van der Waals surface area contributed by atoms with E-state index in [1.165, 1.54) is 36.0 Å². The van der Waals surface area contributed by atoms with Gasteiger partial charge in [-0.05, 0) is 31.2 Å². The standard InChI is InChI=1S/C17H19FN6O2S/c1-4-24-15(13-9-23(2)22-16(13)26-3)20-21-17(24)27-10-14(25)19-12-7-5-11(18)6-8-12/h5-9H,4,10H2,1-3H3,(H,19,25). The summed E-state index contributed by atoms with van der Waals surface area (Å²) in [6.45, 7) is 2.60. The summed E-state index contributed by atoms with van der Waals surface area (Å²) in [7, 11) is 3.35. The lowest BCUT2D eigenvalue weighted by Gasteiger charge is -2.07. The van der Waals surface area contributed by atoms with Gasteiger partial charge in [-0.25, -0.2) is 4.39 Å². The van der Waals surface area contributed by atoms with Gasteiger partial charge in [0, 0.05) is 25.5 Å². The number of thioether (sulfide) groups is 1. The molecule has 27 heavy (non-hydrogen) atoms. The van der Waals surface area contributed by atoms with Crippen molar-refractivity contribution in [1.82, 2.24) is 24.5 Å². The molecule has 3 rings (SSSR count). The van der Waals surface area contributed by atoms with Crippen molar-refractivity contribution in [1.29, 1.82) is 0 Å². The van der Waals surface area contributed by atoms with Crippen LogP contribution in [0.15, 0.2) is 35.6 Å². The summed E-state index contributed by atoms with van der Waals surface area (Å²) in [5.74, 6) is 0.684. The first-order valence-corrected chi connectivity index (χ1v) is 9.19. The predicted octanol–water partition coefficient (Wildman–Crippen LogP) is 2.58. The molecular formula is C17H19FN6O2S. The molecular weight excluding hydrogens is 371 g/mol. The summed E-state index contributed by atoms with van der Waals surface area (Å²) >= 11 is 1.27. The van der Waals surface area contributed by atoms with E-state index < -0.39 is 0 Å². The number of nitrogens with one attached hydrogen (secondary N) is 1. The first kappa shape index (κ1) is 18.9. The van der Waals surface area contributed by atoms with Gasteiger partial charge in [0.25, 0.3) is 0 Å². The van der Waals surface area contributed by atoms with E-state index in [4.69, 9.17) is 4.74 Å². The minimum absolute atomic E-state index is 0.152. The molecule has 0 aliphatic carbocycles. The molecule has 8 nitrogen and oxygen atoms in total. The molecule has 0 radical (unpaired) electrons. The summed E-state index contributed by atoms with van der Waals surface area (Å²) in [5.41, 5.74) is 1.27. The summed E-state index contributed by atoms with van der Waals surface area (Å²) in [6.07, 6.45) is 1.81. The highest BCUT2D eigenvalue weighted by Crippen LogP contribution is 2.29. The number of carbonyl (C=O) groups is 1. The monoisotopic (exact) mass is 390 g/mol.